The molecule has 0 aliphatic carbocycles. The van der Waals surface area contributed by atoms with E-state index in [1.807, 2.05) is 28.5 Å². The Morgan fingerprint density at radius 2 is 1.81 bits per heavy atom. The van der Waals surface area contributed by atoms with Gasteiger partial charge in [0.25, 0.3) is 5.91 Å². The maximum absolute atomic E-state index is 13.1. The van der Waals surface area contributed by atoms with E-state index in [9.17, 15) is 9.59 Å². The third-order valence-corrected chi connectivity index (χ3v) is 9.00. The Balaban J connectivity index is 1.15. The van der Waals surface area contributed by atoms with Crippen LogP contribution in [-0.4, -0.2) is 59.3 Å². The van der Waals surface area contributed by atoms with E-state index in [0.29, 0.717) is 46.2 Å². The topological polar surface area (TPSA) is 65.5 Å². The maximum Gasteiger partial charge on any atom is 0.265 e. The highest BCUT2D eigenvalue weighted by Gasteiger charge is 2.27. The number of aromatic nitrogens is 1. The van der Waals surface area contributed by atoms with Crippen molar-refractivity contribution in [2.75, 3.05) is 38.0 Å². The first-order valence-corrected chi connectivity index (χ1v) is 14.0. The molecule has 1 N–H and O–H groups in total. The van der Waals surface area contributed by atoms with Gasteiger partial charge in [-0.05, 0) is 43.2 Å². The molecule has 1 saturated heterocycles. The predicted octanol–water partition coefficient (Wildman–Crippen LogP) is 6.34. The second-order valence-electron chi connectivity index (χ2n) is 8.84. The second-order valence-corrected chi connectivity index (χ2v) is 11.6. The number of hydrogen-bond acceptors (Lipinski definition) is 6. The summed E-state index contributed by atoms with van der Waals surface area (Å²) in [6, 6.07) is 11.7. The molecule has 0 saturated carbocycles. The summed E-state index contributed by atoms with van der Waals surface area (Å²) < 4.78 is 0.897. The Morgan fingerprint density at radius 3 is 2.56 bits per heavy atom. The quantitative estimate of drug-likeness (QED) is 0.310. The fourth-order valence-corrected chi connectivity index (χ4v) is 6.65. The lowest BCUT2D eigenvalue weighted by atomic mass is 10.1. The number of amides is 2. The van der Waals surface area contributed by atoms with Crippen LogP contribution in [0.25, 0.3) is 21.3 Å². The lowest BCUT2D eigenvalue weighted by Gasteiger charge is -2.34. The van der Waals surface area contributed by atoms with Gasteiger partial charge in [-0.25, -0.2) is 4.98 Å². The summed E-state index contributed by atoms with van der Waals surface area (Å²) in [5.74, 6) is -0.191. The zero-order valence-corrected chi connectivity index (χ0v) is 23.0. The monoisotopic (exact) mass is 558 g/mol. The van der Waals surface area contributed by atoms with Gasteiger partial charge in [-0.15, -0.1) is 22.7 Å². The SMILES string of the molecule is Cc1ccc(-c2csc(NC(=O)CN3CCN(C(=O)c4sc5cc(Cl)ccc5c4Cl)CC3)n2)cc1C. The highest BCUT2D eigenvalue weighted by Crippen LogP contribution is 2.37. The van der Waals surface area contributed by atoms with Gasteiger partial charge in [-0.3, -0.25) is 14.5 Å². The average Bonchev–Trinajstić information content (AvgIpc) is 3.45. The zero-order valence-electron chi connectivity index (χ0n) is 19.8. The third kappa shape index (κ3) is 5.28. The van der Waals surface area contributed by atoms with Crippen LogP contribution in [0, 0.1) is 13.8 Å². The number of fused-ring (bicyclic) bond motifs is 1. The van der Waals surface area contributed by atoms with Crippen LogP contribution in [0.3, 0.4) is 0 Å². The Morgan fingerprint density at radius 1 is 1.03 bits per heavy atom. The van der Waals surface area contributed by atoms with E-state index in [1.165, 1.54) is 33.8 Å². The van der Waals surface area contributed by atoms with Crippen molar-refractivity contribution in [1.82, 2.24) is 14.8 Å². The van der Waals surface area contributed by atoms with Gasteiger partial charge < -0.3 is 10.2 Å². The average molecular weight is 560 g/mol. The van der Waals surface area contributed by atoms with Gasteiger partial charge in [0.1, 0.15) is 4.88 Å². The molecule has 0 atom stereocenters. The molecule has 186 valence electrons. The number of thiophene rings is 1. The lowest BCUT2D eigenvalue weighted by molar-refractivity contribution is -0.117. The van der Waals surface area contributed by atoms with Gasteiger partial charge in [0, 0.05) is 52.2 Å². The van der Waals surface area contributed by atoms with Crippen LogP contribution < -0.4 is 5.32 Å². The molecule has 2 amide bonds. The van der Waals surface area contributed by atoms with E-state index >= 15 is 0 Å². The van der Waals surface area contributed by atoms with E-state index in [4.69, 9.17) is 23.2 Å². The number of halogens is 2. The molecular weight excluding hydrogens is 535 g/mol. The fraction of sp³-hybridized carbons (Fsp3) is 0.269. The molecular formula is C26H24Cl2N4O2S2. The van der Waals surface area contributed by atoms with E-state index in [-0.39, 0.29) is 18.4 Å². The number of thiazole rings is 1. The van der Waals surface area contributed by atoms with Gasteiger partial charge in [-0.1, -0.05) is 41.4 Å². The van der Waals surface area contributed by atoms with Crippen LogP contribution in [0.1, 0.15) is 20.8 Å². The summed E-state index contributed by atoms with van der Waals surface area (Å²) in [4.78, 5) is 34.7. The summed E-state index contributed by atoms with van der Waals surface area (Å²) in [5.41, 5.74) is 4.34. The first-order valence-electron chi connectivity index (χ1n) is 11.5. The number of rotatable bonds is 5. The zero-order chi connectivity index (χ0) is 25.4. The number of carbonyl (C=O) groups excluding carboxylic acids is 2. The number of anilines is 1. The minimum atomic E-state index is -0.111. The van der Waals surface area contributed by atoms with Crippen molar-refractivity contribution in [3.05, 3.63) is 67.8 Å². The molecule has 1 aliphatic rings. The van der Waals surface area contributed by atoms with Gasteiger partial charge in [0.05, 0.1) is 17.3 Å². The van der Waals surface area contributed by atoms with Crippen LogP contribution in [0.4, 0.5) is 5.13 Å². The first-order chi connectivity index (χ1) is 17.3. The van der Waals surface area contributed by atoms with Gasteiger partial charge in [0.2, 0.25) is 5.91 Å². The van der Waals surface area contributed by atoms with E-state index in [1.54, 1.807) is 11.0 Å². The highest BCUT2D eigenvalue weighted by atomic mass is 35.5. The Kier molecular flexibility index (Phi) is 7.32. The van der Waals surface area contributed by atoms with Gasteiger partial charge in [-0.2, -0.15) is 0 Å². The molecule has 1 aliphatic heterocycles. The number of benzene rings is 2. The number of piperazine rings is 1. The van der Waals surface area contributed by atoms with E-state index < -0.39 is 0 Å². The maximum atomic E-state index is 13.1. The molecule has 0 bridgehead atoms. The molecule has 3 heterocycles. The normalized spacial score (nSPS) is 14.4. The van der Waals surface area contributed by atoms with Gasteiger partial charge >= 0.3 is 0 Å². The van der Waals surface area contributed by atoms with E-state index in [0.717, 1.165) is 21.3 Å². The van der Waals surface area contributed by atoms with Crippen LogP contribution in [0.2, 0.25) is 10.0 Å². The largest absolute Gasteiger partial charge is 0.335 e. The number of hydrogen-bond donors (Lipinski definition) is 1. The summed E-state index contributed by atoms with van der Waals surface area (Å²) >= 11 is 15.4. The standard InChI is InChI=1S/C26H24Cl2N4O2S2/c1-15-3-4-17(11-16(15)2)20-14-35-26(29-20)30-22(33)13-31-7-9-32(10-8-31)25(34)24-23(28)19-6-5-18(27)12-21(19)36-24/h3-6,11-12,14H,7-10,13H2,1-2H3,(H,29,30,33). The Bertz CT molecular complexity index is 1460. The van der Waals surface area contributed by atoms with Crippen molar-refractivity contribution in [2.45, 2.75) is 13.8 Å². The molecule has 36 heavy (non-hydrogen) atoms. The number of aryl methyl sites for hydroxylation is 2. The first kappa shape index (κ1) is 25.2. The minimum Gasteiger partial charge on any atom is -0.335 e. The molecule has 4 aromatic rings. The van der Waals surface area contributed by atoms with Crippen molar-refractivity contribution < 1.29 is 9.59 Å². The number of nitrogens with one attached hydrogen (secondary N) is 1. The summed E-state index contributed by atoms with van der Waals surface area (Å²) in [6.45, 7) is 6.70. The smallest absolute Gasteiger partial charge is 0.265 e. The van der Waals surface area contributed by atoms with Crippen LogP contribution >= 0.6 is 45.9 Å². The minimum absolute atomic E-state index is 0.0805. The molecule has 2 aromatic carbocycles. The summed E-state index contributed by atoms with van der Waals surface area (Å²) in [6.07, 6.45) is 0. The number of nitrogens with zero attached hydrogens (tertiary/aromatic N) is 3. The molecule has 0 spiro atoms. The third-order valence-electron chi connectivity index (χ3n) is 6.37. The van der Waals surface area contributed by atoms with Crippen molar-refractivity contribution >= 4 is 72.9 Å². The molecule has 5 rings (SSSR count). The van der Waals surface area contributed by atoms with Crippen LogP contribution in [0.15, 0.2) is 41.8 Å². The predicted molar refractivity (Wildman–Crippen MR) is 150 cm³/mol. The number of carbonyl (C=O) groups is 2. The van der Waals surface area contributed by atoms with Crippen molar-refractivity contribution in [3.63, 3.8) is 0 Å². The summed E-state index contributed by atoms with van der Waals surface area (Å²) in [7, 11) is 0. The molecule has 0 radical (unpaired) electrons. The molecule has 1 fully saturated rings. The van der Waals surface area contributed by atoms with Crippen molar-refractivity contribution in [2.24, 2.45) is 0 Å². The molecule has 2 aromatic heterocycles. The van der Waals surface area contributed by atoms with Gasteiger partial charge in [0.15, 0.2) is 5.13 Å². The Hall–Kier alpha value is -2.49. The van der Waals surface area contributed by atoms with E-state index in [2.05, 4.69) is 36.3 Å². The van der Waals surface area contributed by atoms with Crippen molar-refractivity contribution in [1.29, 1.82) is 0 Å². The molecule has 10 heteroatoms. The Labute approximate surface area is 227 Å². The van der Waals surface area contributed by atoms with Crippen LogP contribution in [-0.2, 0) is 4.79 Å². The summed E-state index contributed by atoms with van der Waals surface area (Å²) in [5, 5.41) is 7.38. The molecule has 0 unspecified atom stereocenters. The highest BCUT2D eigenvalue weighted by molar-refractivity contribution is 7.21. The second kappa shape index (κ2) is 10.5. The molecule has 6 nitrogen and oxygen atoms in total. The van der Waals surface area contributed by atoms with Crippen molar-refractivity contribution in [3.8, 4) is 11.3 Å². The van der Waals surface area contributed by atoms with Crippen LogP contribution in [0.5, 0.6) is 0 Å². The fourth-order valence-electron chi connectivity index (χ4n) is 4.16. The lowest BCUT2D eigenvalue weighted by Crippen LogP contribution is -2.50.